The molecule has 0 spiro atoms. The smallest absolute Gasteiger partial charge is 0.260 e. The topological polar surface area (TPSA) is 54.6 Å². The zero-order chi connectivity index (χ0) is 18.0. The van der Waals surface area contributed by atoms with Crippen LogP contribution in [0.3, 0.4) is 0 Å². The quantitative estimate of drug-likeness (QED) is 0.437. The fraction of sp³-hybridized carbons (Fsp3) is 0.0526. The largest absolute Gasteiger partial charge is 0.456 e. The van der Waals surface area contributed by atoms with Gasteiger partial charge >= 0.3 is 0 Å². The van der Waals surface area contributed by atoms with E-state index in [1.807, 2.05) is 13.0 Å². The first-order valence-corrected chi connectivity index (χ1v) is 8.21. The summed E-state index contributed by atoms with van der Waals surface area (Å²) in [6.07, 6.45) is 5.01. The lowest BCUT2D eigenvalue weighted by Gasteiger charge is -2.08. The molecule has 0 unspecified atom stereocenters. The Labute approximate surface area is 154 Å². The van der Waals surface area contributed by atoms with Crippen LogP contribution in [0.15, 0.2) is 58.6 Å². The number of amides is 1. The van der Waals surface area contributed by atoms with Crippen LogP contribution >= 0.6 is 23.2 Å². The maximum atomic E-state index is 12.8. The van der Waals surface area contributed by atoms with Crippen molar-refractivity contribution >= 4 is 57.8 Å². The highest BCUT2D eigenvalue weighted by molar-refractivity contribution is 6.42. The summed E-state index contributed by atoms with van der Waals surface area (Å²) < 4.78 is 5.63. The highest BCUT2D eigenvalue weighted by atomic mass is 35.5. The van der Waals surface area contributed by atoms with Gasteiger partial charge in [-0.1, -0.05) is 29.8 Å². The van der Waals surface area contributed by atoms with Crippen molar-refractivity contribution in [3.63, 3.8) is 0 Å². The van der Waals surface area contributed by atoms with Gasteiger partial charge in [-0.3, -0.25) is 9.79 Å². The van der Waals surface area contributed by atoms with Crippen molar-refractivity contribution in [1.29, 1.82) is 0 Å². The predicted octanol–water partition coefficient (Wildman–Crippen LogP) is 6.05. The van der Waals surface area contributed by atoms with E-state index in [1.165, 1.54) is 0 Å². The molecule has 2 heterocycles. The third kappa shape index (κ3) is 3.45. The van der Waals surface area contributed by atoms with Crippen LogP contribution in [-0.4, -0.2) is 12.1 Å². The molecular formula is C19H14Cl2N2O2. The van der Waals surface area contributed by atoms with Crippen LogP contribution in [0.25, 0.3) is 16.7 Å². The van der Waals surface area contributed by atoms with E-state index in [0.717, 1.165) is 0 Å². The number of hydrogen-bond acceptors (Lipinski definition) is 3. The number of halogens is 2. The van der Waals surface area contributed by atoms with Gasteiger partial charge in [0.2, 0.25) is 0 Å². The molecule has 1 aromatic carbocycles. The van der Waals surface area contributed by atoms with E-state index >= 15 is 0 Å². The third-order valence-electron chi connectivity index (χ3n) is 3.59. The van der Waals surface area contributed by atoms with Gasteiger partial charge in [-0.15, -0.1) is 0 Å². The number of carbonyl (C=O) groups is 1. The molecule has 0 atom stereocenters. The van der Waals surface area contributed by atoms with E-state index in [9.17, 15) is 4.79 Å². The number of furan rings is 2. The zero-order valence-corrected chi connectivity index (χ0v) is 14.9. The first kappa shape index (κ1) is 17.3. The summed E-state index contributed by atoms with van der Waals surface area (Å²) in [6, 6.07) is 8.46. The Morgan fingerprint density at radius 1 is 1.16 bits per heavy atom. The molecule has 0 aliphatic carbocycles. The maximum Gasteiger partial charge on any atom is 0.260 e. The van der Waals surface area contributed by atoms with E-state index in [1.54, 1.807) is 42.8 Å². The molecule has 1 N–H and O–H groups in total. The molecule has 0 aliphatic heterocycles. The van der Waals surface area contributed by atoms with Crippen molar-refractivity contribution in [2.45, 2.75) is 6.92 Å². The van der Waals surface area contributed by atoms with Crippen molar-refractivity contribution < 1.29 is 9.21 Å². The number of benzene rings is 2. The molecule has 0 radical (unpaired) electrons. The van der Waals surface area contributed by atoms with E-state index in [-0.39, 0.29) is 5.91 Å². The Kier molecular flexibility index (Phi) is 4.93. The lowest BCUT2D eigenvalue weighted by molar-refractivity contribution is 0.102. The maximum absolute atomic E-state index is 12.8. The molecule has 1 amide bonds. The van der Waals surface area contributed by atoms with Gasteiger partial charge in [0.15, 0.2) is 0 Å². The Hall–Kier alpha value is -2.56. The molecule has 3 aromatic rings. The summed E-state index contributed by atoms with van der Waals surface area (Å²) in [5, 5.41) is 3.59. The molecule has 3 rings (SSSR count). The number of nitrogens with zero attached hydrogens (tertiary/aromatic N) is 1. The van der Waals surface area contributed by atoms with Crippen LogP contribution in [-0.2, 0) is 0 Å². The van der Waals surface area contributed by atoms with Crippen LogP contribution in [0.4, 0.5) is 5.69 Å². The van der Waals surface area contributed by atoms with E-state index < -0.39 is 0 Å². The van der Waals surface area contributed by atoms with Gasteiger partial charge in [0.25, 0.3) is 5.91 Å². The Morgan fingerprint density at radius 2 is 1.88 bits per heavy atom. The third-order valence-corrected chi connectivity index (χ3v) is 4.32. The molecule has 2 aromatic heterocycles. The molecule has 2 bridgehead atoms. The lowest BCUT2D eigenvalue weighted by Crippen LogP contribution is -2.13. The minimum absolute atomic E-state index is 0.309. The Morgan fingerprint density at radius 3 is 2.56 bits per heavy atom. The number of fused-ring (bicyclic) bond motifs is 2. The lowest BCUT2D eigenvalue weighted by atomic mass is 10.00. The summed E-state index contributed by atoms with van der Waals surface area (Å²) in [5.74, 6) is -0.309. The van der Waals surface area contributed by atoms with Crippen LogP contribution in [0, 0.1) is 0 Å². The van der Waals surface area contributed by atoms with E-state index in [2.05, 4.69) is 16.9 Å². The van der Waals surface area contributed by atoms with Gasteiger partial charge in [-0.25, -0.2) is 0 Å². The van der Waals surface area contributed by atoms with Crippen molar-refractivity contribution in [3.8, 4) is 0 Å². The molecule has 126 valence electrons. The molecule has 0 aliphatic rings. The second-order valence-electron chi connectivity index (χ2n) is 5.25. The summed E-state index contributed by atoms with van der Waals surface area (Å²) in [4.78, 5) is 16.8. The molecule has 0 saturated heterocycles. The minimum Gasteiger partial charge on any atom is -0.456 e. The van der Waals surface area contributed by atoms with Gasteiger partial charge in [0, 0.05) is 23.7 Å². The van der Waals surface area contributed by atoms with Crippen molar-refractivity contribution in [2.75, 3.05) is 5.32 Å². The Balaban J connectivity index is 1.93. The standard InChI is InChI=1S/C19H14Cl2N2O2/c1-3-22-9-8-11(2)17-15-6-7-16(25-15)18(17)19(24)23-12-4-5-13(20)14(21)10-12/h3-10H,2H2,1H3,(H,23,24)/b9-8-,22-3-. The van der Waals surface area contributed by atoms with Crippen molar-refractivity contribution in [1.82, 2.24) is 0 Å². The molecular weight excluding hydrogens is 359 g/mol. The van der Waals surface area contributed by atoms with E-state index in [0.29, 0.717) is 43.6 Å². The number of allylic oxidation sites excluding steroid dienone is 2. The first-order chi connectivity index (χ1) is 12.0. The summed E-state index contributed by atoms with van der Waals surface area (Å²) in [6.45, 7) is 5.82. The van der Waals surface area contributed by atoms with Crippen LogP contribution < -0.4 is 5.32 Å². The number of hydrogen-bond donors (Lipinski definition) is 1. The average Bonchev–Trinajstić information content (AvgIpc) is 3.19. The number of anilines is 1. The highest BCUT2D eigenvalue weighted by Gasteiger charge is 2.24. The molecule has 0 saturated carbocycles. The predicted molar refractivity (Wildman–Crippen MR) is 104 cm³/mol. The SMILES string of the molecule is C=C(/C=C\N=C/C)c1c(C(=O)Nc2ccc(Cl)c(Cl)c2)c2ccc1o2. The number of nitrogens with one attached hydrogen (secondary N) is 1. The van der Waals surface area contributed by atoms with Gasteiger partial charge in [-0.2, -0.15) is 0 Å². The summed E-state index contributed by atoms with van der Waals surface area (Å²) in [5.41, 5.74) is 3.36. The Bertz CT molecular complexity index is 1000. The number of rotatable bonds is 5. The zero-order valence-electron chi connectivity index (χ0n) is 13.3. The van der Waals surface area contributed by atoms with Gasteiger partial charge in [0.05, 0.1) is 15.6 Å². The summed E-state index contributed by atoms with van der Waals surface area (Å²) in [7, 11) is 0. The van der Waals surface area contributed by atoms with Crippen LogP contribution in [0.5, 0.6) is 0 Å². The molecule has 4 nitrogen and oxygen atoms in total. The molecule has 6 heteroatoms. The number of aliphatic imine (C=N–C) groups is 1. The van der Waals surface area contributed by atoms with Crippen molar-refractivity contribution in [2.24, 2.45) is 4.99 Å². The van der Waals surface area contributed by atoms with E-state index in [4.69, 9.17) is 27.6 Å². The van der Waals surface area contributed by atoms with Crippen LogP contribution in [0.1, 0.15) is 22.8 Å². The minimum atomic E-state index is -0.309. The van der Waals surface area contributed by atoms with Gasteiger partial charge < -0.3 is 9.73 Å². The highest BCUT2D eigenvalue weighted by Crippen LogP contribution is 2.34. The molecule has 0 fully saturated rings. The number of carbonyl (C=O) groups excluding carboxylic acids is 1. The normalized spacial score (nSPS) is 11.8. The first-order valence-electron chi connectivity index (χ1n) is 7.46. The average molecular weight is 373 g/mol. The molecule has 25 heavy (non-hydrogen) atoms. The van der Waals surface area contributed by atoms with Gasteiger partial charge in [0.1, 0.15) is 11.2 Å². The second-order valence-corrected chi connectivity index (χ2v) is 6.06. The fourth-order valence-electron chi connectivity index (χ4n) is 2.47. The van der Waals surface area contributed by atoms with Crippen molar-refractivity contribution in [3.05, 3.63) is 70.4 Å². The second kappa shape index (κ2) is 7.13. The fourth-order valence-corrected chi connectivity index (χ4v) is 2.77. The summed E-state index contributed by atoms with van der Waals surface area (Å²) >= 11 is 11.9. The van der Waals surface area contributed by atoms with Gasteiger partial charge in [-0.05, 0) is 48.9 Å². The monoisotopic (exact) mass is 372 g/mol. The van der Waals surface area contributed by atoms with Crippen LogP contribution in [0.2, 0.25) is 10.0 Å².